The minimum atomic E-state index is 0. The van der Waals surface area contributed by atoms with Crippen LogP contribution in [0.15, 0.2) is 0 Å². The molecule has 0 saturated carbocycles. The van der Waals surface area contributed by atoms with E-state index in [0.29, 0.717) is 0 Å². The normalized spacial score (nSPS) is 13.2. The van der Waals surface area contributed by atoms with Gasteiger partial charge in [-0.3, -0.25) is 0 Å². The number of hydrogen-bond acceptors (Lipinski definition) is 0. The van der Waals surface area contributed by atoms with Gasteiger partial charge in [0.25, 0.3) is 0 Å². The van der Waals surface area contributed by atoms with Gasteiger partial charge in [0.15, 0.2) is 0 Å². The maximum Gasteiger partial charge on any atom is -1.00 e. The molecule has 0 bridgehead atoms. The molecule has 0 radical (unpaired) electrons. The summed E-state index contributed by atoms with van der Waals surface area (Å²) in [5.74, 6) is 0.988. The molecule has 0 rings (SSSR count). The fourth-order valence-electron chi connectivity index (χ4n) is 1.73. The van der Waals surface area contributed by atoms with E-state index in [9.17, 15) is 0 Å². The Balaban J connectivity index is -0.000000720. The zero-order valence-corrected chi connectivity index (χ0v) is 10.7. The summed E-state index contributed by atoms with van der Waals surface area (Å²) >= 11 is 2.91. The van der Waals surface area contributed by atoms with E-state index in [1.807, 2.05) is 0 Å². The molecule has 0 aromatic heterocycles. The third kappa shape index (κ3) is 8.85. The van der Waals surface area contributed by atoms with Crippen LogP contribution >= 0.6 is 0 Å². The van der Waals surface area contributed by atoms with E-state index in [1.54, 1.807) is 0 Å². The first kappa shape index (κ1) is 13.5. The summed E-state index contributed by atoms with van der Waals surface area (Å²) < 4.78 is 0. The molecule has 1 heteroatoms. The van der Waals surface area contributed by atoms with E-state index >= 15 is 0 Å². The van der Waals surface area contributed by atoms with Gasteiger partial charge in [-0.1, -0.05) is 0 Å². The molecular weight excluding hydrogens is 171 g/mol. The average Bonchev–Trinajstić information content (AvgIpc) is 2.17. The van der Waals surface area contributed by atoms with Crippen LogP contribution in [0.25, 0.3) is 0 Å². The molecule has 0 aromatic rings. The van der Waals surface area contributed by atoms with Crippen LogP contribution in [0.1, 0.15) is 68.1 Å². The molecule has 0 aliphatic rings. The molecule has 0 fully saturated rings. The van der Waals surface area contributed by atoms with Gasteiger partial charge in [-0.25, -0.2) is 0 Å². The Labute approximate surface area is 95.9 Å². The van der Waals surface area contributed by atoms with Crippen molar-refractivity contribution in [3.05, 3.63) is 0 Å². The van der Waals surface area contributed by atoms with E-state index in [4.69, 9.17) is 0 Å². The van der Waals surface area contributed by atoms with Crippen molar-refractivity contribution >= 4 is 16.3 Å². The summed E-state index contributed by atoms with van der Waals surface area (Å²) in [7, 11) is 0. The molecule has 0 aromatic carbocycles. The molecule has 0 amide bonds. The summed E-state index contributed by atoms with van der Waals surface area (Å²) in [5, 5.41) is 1.31. The van der Waals surface area contributed by atoms with Crippen molar-refractivity contribution in [3.63, 3.8) is 0 Å². The van der Waals surface area contributed by atoms with Gasteiger partial charge in [0.1, 0.15) is 0 Å². The average molecular weight is 198 g/mol. The van der Waals surface area contributed by atoms with Gasteiger partial charge < -0.3 is 2.85 Å². The number of rotatable bonds is 9. The van der Waals surface area contributed by atoms with Crippen molar-refractivity contribution in [2.45, 2.75) is 70.5 Å². The zero-order valence-electron chi connectivity index (χ0n) is 11.5. The molecule has 0 N–H and O–H groups in total. The van der Waals surface area contributed by atoms with Gasteiger partial charge >= 0.3 is 92.7 Å². The molecule has 1 atom stereocenters. The Bertz CT molecular complexity index is 99.6. The largest absolute Gasteiger partial charge is 1.00 e. The first-order valence-corrected chi connectivity index (χ1v) is 6.86. The van der Waals surface area contributed by atoms with Crippen LogP contribution in [-0.4, -0.2) is 16.3 Å². The maximum atomic E-state index is 2.91. The van der Waals surface area contributed by atoms with Gasteiger partial charge in [0.05, 0.1) is 0 Å². The predicted octanol–water partition coefficient (Wildman–Crippen LogP) is 4.58. The summed E-state index contributed by atoms with van der Waals surface area (Å²) in [6, 6.07) is 0. The van der Waals surface area contributed by atoms with Crippen molar-refractivity contribution < 1.29 is 2.85 Å². The summed E-state index contributed by atoms with van der Waals surface area (Å²) in [6.45, 7) is 4.57. The van der Waals surface area contributed by atoms with Crippen molar-refractivity contribution in [3.8, 4) is 0 Å². The van der Waals surface area contributed by atoms with E-state index < -0.39 is 0 Å². The molecule has 0 spiro atoms. The molecule has 0 nitrogen and oxygen atoms in total. The fourth-order valence-corrected chi connectivity index (χ4v) is 2.20. The van der Waals surface area contributed by atoms with Crippen molar-refractivity contribution in [1.82, 2.24) is 0 Å². The molecule has 0 aliphatic carbocycles. The molecule has 0 saturated heterocycles. The molecule has 1 unspecified atom stereocenters. The van der Waals surface area contributed by atoms with Crippen LogP contribution in [0.5, 0.6) is 0 Å². The molecule has 78 valence electrons. The minimum absolute atomic E-state index is 0. The van der Waals surface area contributed by atoms with E-state index in [1.165, 1.54) is 56.6 Å². The van der Waals surface area contributed by atoms with Crippen LogP contribution in [-0.2, 0) is 0 Å². The maximum absolute atomic E-state index is 2.91. The van der Waals surface area contributed by atoms with Crippen molar-refractivity contribution in [1.29, 1.82) is 0 Å². The van der Waals surface area contributed by atoms with Crippen LogP contribution < -0.4 is 0 Å². The molecule has 0 aliphatic heterocycles. The first-order chi connectivity index (χ1) is 6.35. The van der Waals surface area contributed by atoms with Gasteiger partial charge in [-0.2, -0.15) is 0 Å². The minimum Gasteiger partial charge on any atom is -1.00 e. The van der Waals surface area contributed by atoms with E-state index in [2.05, 4.69) is 30.1 Å². The van der Waals surface area contributed by atoms with Crippen LogP contribution in [0.3, 0.4) is 0 Å². The second-order valence-corrected chi connectivity index (χ2v) is 4.56. The van der Waals surface area contributed by atoms with Gasteiger partial charge in [0, 0.05) is 0 Å². The molecule has 13 heavy (non-hydrogen) atoms. The zero-order chi connectivity index (χ0) is 9.94. The summed E-state index contributed by atoms with van der Waals surface area (Å²) in [5.41, 5.74) is 0. The third-order valence-electron chi connectivity index (χ3n) is 2.77. The standard InChI is InChI=1S/C12H25.Al.2H/c1-4-6-8-9-11-12(3)10-7-5-2;;;/h12H,3-11H2,1-2H3;;;/q;+2;2*-1. The first-order valence-electron chi connectivity index (χ1n) is 6.05. The predicted molar refractivity (Wildman–Crippen MR) is 64.6 cm³/mol. The van der Waals surface area contributed by atoms with Gasteiger partial charge in [0.2, 0.25) is 0 Å². The van der Waals surface area contributed by atoms with Crippen molar-refractivity contribution in [2.75, 3.05) is 0 Å². The second-order valence-electron chi connectivity index (χ2n) is 4.09. The van der Waals surface area contributed by atoms with Crippen LogP contribution in [0, 0.1) is 5.92 Å². The second kappa shape index (κ2) is 10.6. The van der Waals surface area contributed by atoms with E-state index in [0.717, 1.165) is 5.92 Å². The Hall–Kier alpha value is 0.532. The SMILES string of the molecule is CCCCCCC([CH2][Al+2])CCCC.[H-].[H-]. The van der Waals surface area contributed by atoms with Crippen LogP contribution in [0.4, 0.5) is 0 Å². The third-order valence-corrected chi connectivity index (χ3v) is 3.43. The van der Waals surface area contributed by atoms with Gasteiger partial charge in [-0.15, -0.1) is 0 Å². The topological polar surface area (TPSA) is 0 Å². The smallest absolute Gasteiger partial charge is 1.00 e. The Morgan fingerprint density at radius 2 is 1.54 bits per heavy atom. The van der Waals surface area contributed by atoms with Crippen LogP contribution in [0.2, 0.25) is 5.28 Å². The summed E-state index contributed by atoms with van der Waals surface area (Å²) in [6.07, 6.45) is 11.4. The van der Waals surface area contributed by atoms with Gasteiger partial charge in [-0.05, 0) is 0 Å². The Kier molecular flexibility index (Phi) is 11.0. The number of unbranched alkanes of at least 4 members (excludes halogenated alkanes) is 4. The van der Waals surface area contributed by atoms with Crippen molar-refractivity contribution in [2.24, 2.45) is 5.92 Å². The monoisotopic (exact) mass is 198 g/mol. The quantitative estimate of drug-likeness (QED) is 0.376. The number of hydrogen-bond donors (Lipinski definition) is 0. The molecular formula is C12H27Al. The van der Waals surface area contributed by atoms with E-state index in [-0.39, 0.29) is 2.85 Å². The Morgan fingerprint density at radius 1 is 0.923 bits per heavy atom. The fraction of sp³-hybridized carbons (Fsp3) is 1.00. The molecule has 0 heterocycles. The summed E-state index contributed by atoms with van der Waals surface area (Å²) in [4.78, 5) is 0. The Morgan fingerprint density at radius 3 is 2.08 bits per heavy atom.